The summed E-state index contributed by atoms with van der Waals surface area (Å²) in [4.78, 5) is 0. The second-order valence-electron chi connectivity index (χ2n) is 11.2. The molecule has 1 heteroatoms. The number of hydrogen-bond acceptors (Lipinski definition) is 1. The van der Waals surface area contributed by atoms with Crippen LogP contribution in [0.25, 0.3) is 44.2 Å². The Labute approximate surface area is 245 Å². The van der Waals surface area contributed by atoms with Crippen molar-refractivity contribution in [3.05, 3.63) is 180 Å². The lowest BCUT2D eigenvalue weighted by molar-refractivity contribution is 0.487. The Morgan fingerprint density at radius 1 is 0.405 bits per heavy atom. The molecule has 0 aromatic heterocycles. The smallest absolute Gasteiger partial charge is 0.135 e. The van der Waals surface area contributed by atoms with Crippen molar-refractivity contribution in [3.8, 4) is 44.9 Å². The summed E-state index contributed by atoms with van der Waals surface area (Å²) in [5.41, 5.74) is 12.1. The van der Waals surface area contributed by atoms with Gasteiger partial charge in [0.1, 0.15) is 11.5 Å². The van der Waals surface area contributed by atoms with Crippen LogP contribution >= 0.6 is 0 Å². The Balaban J connectivity index is 1.32. The van der Waals surface area contributed by atoms with Gasteiger partial charge in [-0.15, -0.1) is 0 Å². The predicted molar refractivity (Wildman–Crippen MR) is 172 cm³/mol. The van der Waals surface area contributed by atoms with Crippen LogP contribution < -0.4 is 4.74 Å². The minimum Gasteiger partial charge on any atom is -0.456 e. The molecule has 0 radical (unpaired) electrons. The Hall–Kier alpha value is -5.40. The molecule has 2 aliphatic rings. The number of hydrogen-bond donors (Lipinski definition) is 0. The van der Waals surface area contributed by atoms with Crippen LogP contribution in [0, 0.1) is 0 Å². The number of fused-ring (bicyclic) bond motifs is 5. The van der Waals surface area contributed by atoms with Crippen LogP contribution in [0.5, 0.6) is 11.5 Å². The maximum Gasteiger partial charge on any atom is 0.135 e. The lowest BCUT2D eigenvalue weighted by atomic mass is 9.67. The second-order valence-corrected chi connectivity index (χ2v) is 11.2. The molecule has 1 heterocycles. The summed E-state index contributed by atoms with van der Waals surface area (Å²) in [6.07, 6.45) is 0. The molecule has 0 atom stereocenters. The van der Waals surface area contributed by atoms with Gasteiger partial charge in [-0.05, 0) is 73.7 Å². The van der Waals surface area contributed by atoms with E-state index in [1.54, 1.807) is 0 Å². The van der Waals surface area contributed by atoms with Gasteiger partial charge in [0.05, 0.1) is 5.41 Å². The molecule has 0 amide bonds. The topological polar surface area (TPSA) is 9.23 Å². The monoisotopic (exact) mass is 534 g/mol. The Morgan fingerprint density at radius 2 is 1.00 bits per heavy atom. The Kier molecular flexibility index (Phi) is 4.88. The molecule has 0 bridgehead atoms. The molecule has 0 unspecified atom stereocenters. The van der Waals surface area contributed by atoms with E-state index in [9.17, 15) is 0 Å². The molecular formula is C41H26O. The third kappa shape index (κ3) is 3.08. The van der Waals surface area contributed by atoms with Crippen molar-refractivity contribution in [3.63, 3.8) is 0 Å². The van der Waals surface area contributed by atoms with Crippen molar-refractivity contribution in [2.24, 2.45) is 0 Å². The maximum atomic E-state index is 6.51. The van der Waals surface area contributed by atoms with Gasteiger partial charge in [-0.1, -0.05) is 140 Å². The van der Waals surface area contributed by atoms with E-state index in [2.05, 4.69) is 158 Å². The van der Waals surface area contributed by atoms with Crippen LogP contribution in [-0.4, -0.2) is 0 Å². The molecule has 9 rings (SSSR count). The molecular weight excluding hydrogens is 508 g/mol. The van der Waals surface area contributed by atoms with Crippen LogP contribution in [0.3, 0.4) is 0 Å². The van der Waals surface area contributed by atoms with Gasteiger partial charge in [-0.25, -0.2) is 0 Å². The van der Waals surface area contributed by atoms with Crippen molar-refractivity contribution >= 4 is 10.8 Å². The largest absolute Gasteiger partial charge is 0.456 e. The summed E-state index contributed by atoms with van der Waals surface area (Å²) >= 11 is 0. The number of ether oxygens (including phenoxy) is 1. The van der Waals surface area contributed by atoms with Gasteiger partial charge in [0, 0.05) is 10.9 Å². The normalized spacial score (nSPS) is 13.6. The first-order valence-electron chi connectivity index (χ1n) is 14.5. The van der Waals surface area contributed by atoms with E-state index in [0.29, 0.717) is 0 Å². The summed E-state index contributed by atoms with van der Waals surface area (Å²) in [6.45, 7) is 0. The summed E-state index contributed by atoms with van der Waals surface area (Å²) in [6, 6.07) is 57.2. The number of rotatable bonds is 3. The van der Waals surface area contributed by atoms with Crippen LogP contribution in [0.4, 0.5) is 0 Å². The summed E-state index contributed by atoms with van der Waals surface area (Å²) < 4.78 is 6.51. The van der Waals surface area contributed by atoms with Gasteiger partial charge in [0.25, 0.3) is 0 Å². The number of benzene rings is 7. The van der Waals surface area contributed by atoms with Gasteiger partial charge in [0.15, 0.2) is 0 Å². The molecule has 0 saturated carbocycles. The van der Waals surface area contributed by atoms with Gasteiger partial charge < -0.3 is 4.74 Å². The van der Waals surface area contributed by atoms with Crippen molar-refractivity contribution in [2.75, 3.05) is 0 Å². The molecule has 196 valence electrons. The van der Waals surface area contributed by atoms with E-state index in [1.165, 1.54) is 60.8 Å². The van der Waals surface area contributed by atoms with E-state index in [0.717, 1.165) is 17.1 Å². The molecule has 1 aliphatic heterocycles. The lowest BCUT2D eigenvalue weighted by Crippen LogP contribution is -2.28. The third-order valence-corrected chi connectivity index (χ3v) is 9.15. The van der Waals surface area contributed by atoms with Crippen molar-refractivity contribution in [1.29, 1.82) is 0 Å². The molecule has 1 nitrogen and oxygen atoms in total. The molecule has 42 heavy (non-hydrogen) atoms. The highest BCUT2D eigenvalue weighted by Gasteiger charge is 2.46. The maximum absolute atomic E-state index is 6.51. The van der Waals surface area contributed by atoms with Crippen LogP contribution in [0.15, 0.2) is 158 Å². The fourth-order valence-corrected chi connectivity index (χ4v) is 7.47. The molecule has 0 N–H and O–H groups in total. The van der Waals surface area contributed by atoms with E-state index in [4.69, 9.17) is 4.74 Å². The minimum atomic E-state index is -0.392. The highest BCUT2D eigenvalue weighted by Crippen LogP contribution is 2.57. The van der Waals surface area contributed by atoms with Gasteiger partial charge in [0.2, 0.25) is 0 Å². The SMILES string of the molecule is c1ccc(C2(c3ccccc3)c3ccccc3-c3cc(-c4cccc5c4-c4cccc6cccc(c46)O5)ccc32)cc1. The van der Waals surface area contributed by atoms with Crippen LogP contribution in [0.2, 0.25) is 0 Å². The zero-order valence-electron chi connectivity index (χ0n) is 22.9. The Morgan fingerprint density at radius 3 is 1.79 bits per heavy atom. The zero-order valence-corrected chi connectivity index (χ0v) is 22.9. The zero-order chi connectivity index (χ0) is 27.7. The quantitative estimate of drug-likeness (QED) is 0.219. The average molecular weight is 535 g/mol. The van der Waals surface area contributed by atoms with Crippen molar-refractivity contribution < 1.29 is 4.74 Å². The Bertz CT molecular complexity index is 2110. The fourth-order valence-electron chi connectivity index (χ4n) is 7.47. The minimum absolute atomic E-state index is 0.392. The average Bonchev–Trinajstić information content (AvgIpc) is 3.36. The van der Waals surface area contributed by atoms with Crippen LogP contribution in [-0.2, 0) is 5.41 Å². The molecule has 7 aromatic carbocycles. The standard InChI is InChI=1S/C41H26O/c1-3-14-29(15-4-1)41(30-16-5-2-6-17-30)35-21-8-7-18-32(35)34-26-28(24-25-36(34)41)31-19-11-23-38-40(31)33-20-9-12-27-13-10-22-37(42-38)39(27)33/h1-26H. The van der Waals surface area contributed by atoms with E-state index in [1.807, 2.05) is 0 Å². The van der Waals surface area contributed by atoms with Crippen LogP contribution in [0.1, 0.15) is 22.3 Å². The van der Waals surface area contributed by atoms with Crippen molar-refractivity contribution in [2.45, 2.75) is 5.41 Å². The van der Waals surface area contributed by atoms with Gasteiger partial charge in [-0.2, -0.15) is 0 Å². The molecule has 0 spiro atoms. The highest BCUT2D eigenvalue weighted by molar-refractivity contribution is 6.07. The first kappa shape index (κ1) is 23.3. The summed E-state index contributed by atoms with van der Waals surface area (Å²) in [5, 5.41) is 2.38. The molecule has 7 aromatic rings. The molecule has 1 aliphatic carbocycles. The van der Waals surface area contributed by atoms with E-state index in [-0.39, 0.29) is 0 Å². The summed E-state index contributed by atoms with van der Waals surface area (Å²) in [7, 11) is 0. The van der Waals surface area contributed by atoms with Gasteiger partial charge >= 0.3 is 0 Å². The lowest BCUT2D eigenvalue weighted by Gasteiger charge is -2.34. The first-order chi connectivity index (χ1) is 20.8. The predicted octanol–water partition coefficient (Wildman–Crippen LogP) is 10.6. The first-order valence-corrected chi connectivity index (χ1v) is 14.5. The fraction of sp³-hybridized carbons (Fsp3) is 0.0244. The van der Waals surface area contributed by atoms with E-state index >= 15 is 0 Å². The van der Waals surface area contributed by atoms with Gasteiger partial charge in [-0.3, -0.25) is 0 Å². The molecule has 0 saturated heterocycles. The highest BCUT2D eigenvalue weighted by atomic mass is 16.5. The van der Waals surface area contributed by atoms with Crippen molar-refractivity contribution in [1.82, 2.24) is 0 Å². The van der Waals surface area contributed by atoms with E-state index < -0.39 is 5.41 Å². The summed E-state index contributed by atoms with van der Waals surface area (Å²) in [5.74, 6) is 1.83. The second kappa shape index (κ2) is 8.80. The molecule has 0 fully saturated rings. The third-order valence-electron chi connectivity index (χ3n) is 9.15.